The molecule has 0 unspecified atom stereocenters. The number of aryl methyl sites for hydroxylation is 1. The molecule has 0 saturated heterocycles. The van der Waals surface area contributed by atoms with Gasteiger partial charge in [-0.1, -0.05) is 0 Å². The Kier molecular flexibility index (Phi) is 3.67. The molecular weight excluding hydrogens is 281 g/mol. The Morgan fingerprint density at radius 2 is 2.00 bits per heavy atom. The van der Waals surface area contributed by atoms with Crippen molar-refractivity contribution in [3.8, 4) is 16.9 Å². The number of ether oxygens (including phenoxy) is 1. The second-order valence-corrected chi connectivity index (χ2v) is 5.13. The maximum Gasteiger partial charge on any atom is 0.167 e. The number of halogens is 1. The molecule has 0 saturated carbocycles. The molecule has 3 aromatic rings. The van der Waals surface area contributed by atoms with Crippen LogP contribution in [0.25, 0.3) is 16.6 Å². The van der Waals surface area contributed by atoms with Crippen LogP contribution in [0.5, 0.6) is 5.75 Å². The average molecular weight is 297 g/mol. The minimum absolute atomic E-state index is 0.360. The van der Waals surface area contributed by atoms with Crippen LogP contribution < -0.4 is 4.74 Å². The standard InChI is InChI=1S/C18H16FNO2/c1-3-22-18-5-4-13(19)9-16(18)15-10-14-8-12(2)6-7-20(14)17(15)11-21/h4-11H,3H2,1-2H3. The fraction of sp³-hybridized carbons (Fsp3) is 0.167. The number of aldehydes is 1. The molecule has 22 heavy (non-hydrogen) atoms. The third kappa shape index (κ3) is 2.37. The SMILES string of the molecule is CCOc1ccc(F)cc1-c1cc2cc(C)ccn2c1C=O. The average Bonchev–Trinajstić information content (AvgIpc) is 2.86. The van der Waals surface area contributed by atoms with Crippen molar-refractivity contribution in [1.82, 2.24) is 4.40 Å². The summed E-state index contributed by atoms with van der Waals surface area (Å²) >= 11 is 0. The Morgan fingerprint density at radius 1 is 1.18 bits per heavy atom. The fourth-order valence-electron chi connectivity index (χ4n) is 2.64. The topological polar surface area (TPSA) is 30.7 Å². The highest BCUT2D eigenvalue weighted by Crippen LogP contribution is 2.35. The summed E-state index contributed by atoms with van der Waals surface area (Å²) in [5, 5.41) is 0. The molecule has 3 rings (SSSR count). The summed E-state index contributed by atoms with van der Waals surface area (Å²) in [6.07, 6.45) is 2.63. The van der Waals surface area contributed by atoms with Crippen molar-refractivity contribution in [2.24, 2.45) is 0 Å². The molecule has 0 amide bonds. The van der Waals surface area contributed by atoms with Gasteiger partial charge >= 0.3 is 0 Å². The number of pyridine rings is 1. The lowest BCUT2D eigenvalue weighted by atomic mass is 10.0. The van der Waals surface area contributed by atoms with Crippen LogP contribution in [0.2, 0.25) is 0 Å². The first-order valence-corrected chi connectivity index (χ1v) is 7.13. The summed E-state index contributed by atoms with van der Waals surface area (Å²) in [6.45, 7) is 4.33. The molecule has 0 aliphatic heterocycles. The van der Waals surface area contributed by atoms with Gasteiger partial charge in [0, 0.05) is 22.8 Å². The van der Waals surface area contributed by atoms with Gasteiger partial charge in [-0.25, -0.2) is 4.39 Å². The molecule has 0 aliphatic rings. The van der Waals surface area contributed by atoms with Crippen molar-refractivity contribution in [2.75, 3.05) is 6.61 Å². The largest absolute Gasteiger partial charge is 0.493 e. The van der Waals surface area contributed by atoms with Crippen LogP contribution in [-0.2, 0) is 0 Å². The van der Waals surface area contributed by atoms with E-state index in [0.29, 0.717) is 29.2 Å². The van der Waals surface area contributed by atoms with Crippen LogP contribution >= 0.6 is 0 Å². The highest BCUT2D eigenvalue weighted by Gasteiger charge is 2.16. The number of aromatic nitrogens is 1. The van der Waals surface area contributed by atoms with Gasteiger partial charge in [-0.15, -0.1) is 0 Å². The maximum atomic E-state index is 13.7. The van der Waals surface area contributed by atoms with E-state index in [2.05, 4.69) is 0 Å². The van der Waals surface area contributed by atoms with E-state index in [4.69, 9.17) is 4.74 Å². The minimum Gasteiger partial charge on any atom is -0.493 e. The van der Waals surface area contributed by atoms with Crippen molar-refractivity contribution in [3.63, 3.8) is 0 Å². The van der Waals surface area contributed by atoms with Gasteiger partial charge in [-0.3, -0.25) is 4.79 Å². The van der Waals surface area contributed by atoms with E-state index >= 15 is 0 Å². The Bertz CT molecular complexity index is 852. The molecule has 3 nitrogen and oxygen atoms in total. The van der Waals surface area contributed by atoms with Crippen molar-refractivity contribution in [1.29, 1.82) is 0 Å². The predicted molar refractivity (Wildman–Crippen MR) is 84.1 cm³/mol. The minimum atomic E-state index is -0.360. The summed E-state index contributed by atoms with van der Waals surface area (Å²) in [4.78, 5) is 11.6. The molecule has 1 aromatic carbocycles. The van der Waals surface area contributed by atoms with Crippen molar-refractivity contribution >= 4 is 11.8 Å². The highest BCUT2D eigenvalue weighted by atomic mass is 19.1. The lowest BCUT2D eigenvalue weighted by Gasteiger charge is -2.10. The zero-order valence-electron chi connectivity index (χ0n) is 12.5. The van der Waals surface area contributed by atoms with Gasteiger partial charge in [0.15, 0.2) is 6.29 Å². The number of hydrogen-bond donors (Lipinski definition) is 0. The third-order valence-electron chi connectivity index (χ3n) is 3.61. The molecule has 2 aromatic heterocycles. The monoisotopic (exact) mass is 297 g/mol. The molecule has 0 N–H and O–H groups in total. The van der Waals surface area contributed by atoms with E-state index in [1.54, 1.807) is 10.5 Å². The second kappa shape index (κ2) is 5.64. The summed E-state index contributed by atoms with van der Waals surface area (Å²) in [5.74, 6) is 0.210. The molecule has 4 heteroatoms. The Labute approximate surface area is 128 Å². The summed E-state index contributed by atoms with van der Waals surface area (Å²) in [6, 6.07) is 10.1. The zero-order chi connectivity index (χ0) is 15.7. The van der Waals surface area contributed by atoms with Crippen LogP contribution in [-0.4, -0.2) is 17.3 Å². The second-order valence-electron chi connectivity index (χ2n) is 5.13. The van der Waals surface area contributed by atoms with Crippen molar-refractivity contribution < 1.29 is 13.9 Å². The fourth-order valence-corrected chi connectivity index (χ4v) is 2.64. The van der Waals surface area contributed by atoms with E-state index in [9.17, 15) is 9.18 Å². The quantitative estimate of drug-likeness (QED) is 0.673. The molecule has 0 bridgehead atoms. The van der Waals surface area contributed by atoms with Crippen LogP contribution in [0.1, 0.15) is 23.0 Å². The van der Waals surface area contributed by atoms with Crippen LogP contribution in [0.4, 0.5) is 4.39 Å². The summed E-state index contributed by atoms with van der Waals surface area (Å²) in [5.41, 5.74) is 3.73. The number of rotatable bonds is 4. The van der Waals surface area contributed by atoms with Gasteiger partial charge in [0.1, 0.15) is 11.6 Å². The number of nitrogens with zero attached hydrogens (tertiary/aromatic N) is 1. The van der Waals surface area contributed by atoms with Crippen LogP contribution in [0.15, 0.2) is 42.6 Å². The lowest BCUT2D eigenvalue weighted by molar-refractivity contribution is 0.111. The molecular formula is C18H16FNO2. The zero-order valence-corrected chi connectivity index (χ0v) is 12.5. The van der Waals surface area contributed by atoms with Gasteiger partial charge in [0.25, 0.3) is 0 Å². The number of hydrogen-bond acceptors (Lipinski definition) is 2. The maximum absolute atomic E-state index is 13.7. The van der Waals surface area contributed by atoms with Gasteiger partial charge in [-0.2, -0.15) is 0 Å². The normalized spacial score (nSPS) is 10.9. The third-order valence-corrected chi connectivity index (χ3v) is 3.61. The van der Waals surface area contributed by atoms with E-state index in [1.807, 2.05) is 38.2 Å². The first-order valence-electron chi connectivity index (χ1n) is 7.13. The first kappa shape index (κ1) is 14.3. The predicted octanol–water partition coefficient (Wildman–Crippen LogP) is 4.27. The van der Waals surface area contributed by atoms with Gasteiger partial charge in [-0.05, 0) is 55.8 Å². The number of carbonyl (C=O) groups excluding carboxylic acids is 1. The summed E-state index contributed by atoms with van der Waals surface area (Å²) in [7, 11) is 0. The molecule has 0 radical (unpaired) electrons. The van der Waals surface area contributed by atoms with E-state index < -0.39 is 0 Å². The number of benzene rings is 1. The van der Waals surface area contributed by atoms with Gasteiger partial charge in [0.05, 0.1) is 12.3 Å². The van der Waals surface area contributed by atoms with E-state index in [1.165, 1.54) is 12.1 Å². The Hall–Kier alpha value is -2.62. The smallest absolute Gasteiger partial charge is 0.167 e. The van der Waals surface area contributed by atoms with Crippen LogP contribution in [0.3, 0.4) is 0 Å². The number of fused-ring (bicyclic) bond motifs is 1. The van der Waals surface area contributed by atoms with E-state index in [0.717, 1.165) is 17.4 Å². The van der Waals surface area contributed by atoms with E-state index in [-0.39, 0.29) is 5.82 Å². The molecule has 0 aliphatic carbocycles. The van der Waals surface area contributed by atoms with Gasteiger partial charge in [0.2, 0.25) is 0 Å². The van der Waals surface area contributed by atoms with Gasteiger partial charge < -0.3 is 9.14 Å². The Balaban J connectivity index is 2.30. The number of carbonyl (C=O) groups is 1. The summed E-state index contributed by atoms with van der Waals surface area (Å²) < 4.78 is 21.1. The Morgan fingerprint density at radius 3 is 2.73 bits per heavy atom. The van der Waals surface area contributed by atoms with Crippen LogP contribution in [0, 0.1) is 12.7 Å². The first-order chi connectivity index (χ1) is 10.6. The lowest BCUT2D eigenvalue weighted by Crippen LogP contribution is -1.97. The molecule has 112 valence electrons. The molecule has 2 heterocycles. The van der Waals surface area contributed by atoms with Crippen molar-refractivity contribution in [2.45, 2.75) is 13.8 Å². The molecule has 0 fully saturated rings. The van der Waals surface area contributed by atoms with Crippen molar-refractivity contribution in [3.05, 3.63) is 59.7 Å². The molecule has 0 spiro atoms. The highest BCUT2D eigenvalue weighted by molar-refractivity contribution is 5.91. The molecule has 0 atom stereocenters.